The summed E-state index contributed by atoms with van der Waals surface area (Å²) in [6.07, 6.45) is 3.67. The van der Waals surface area contributed by atoms with E-state index in [1.807, 2.05) is 19.1 Å². The zero-order valence-electron chi connectivity index (χ0n) is 10.1. The van der Waals surface area contributed by atoms with Crippen molar-refractivity contribution in [2.24, 2.45) is 5.92 Å². The maximum absolute atomic E-state index is 11.6. The highest BCUT2D eigenvalue weighted by molar-refractivity contribution is 6.01. The Labute approximate surface area is 96.5 Å². The van der Waals surface area contributed by atoms with Gasteiger partial charge in [-0.1, -0.05) is 19.1 Å². The third kappa shape index (κ3) is 2.42. The van der Waals surface area contributed by atoms with E-state index in [1.165, 1.54) is 0 Å². The van der Waals surface area contributed by atoms with Crippen molar-refractivity contribution >= 4 is 5.78 Å². The largest absolute Gasteiger partial charge is 0.389 e. The molecule has 1 rings (SSSR count). The molecule has 3 atom stereocenters. The van der Waals surface area contributed by atoms with Gasteiger partial charge in [0.15, 0.2) is 5.78 Å². The van der Waals surface area contributed by atoms with Gasteiger partial charge in [0.05, 0.1) is 12.2 Å². The van der Waals surface area contributed by atoms with Gasteiger partial charge in [0.1, 0.15) is 0 Å². The summed E-state index contributed by atoms with van der Waals surface area (Å²) < 4.78 is 0. The molecule has 3 unspecified atom stereocenters. The number of carbonyl (C=O) groups is 1. The van der Waals surface area contributed by atoms with Crippen LogP contribution in [0.15, 0.2) is 23.3 Å². The van der Waals surface area contributed by atoms with Crippen molar-refractivity contribution in [1.82, 2.24) is 0 Å². The molecule has 3 heteroatoms. The zero-order valence-corrected chi connectivity index (χ0v) is 10.1. The van der Waals surface area contributed by atoms with Crippen molar-refractivity contribution in [3.63, 3.8) is 0 Å². The number of hydrogen-bond acceptors (Lipinski definition) is 3. The van der Waals surface area contributed by atoms with Gasteiger partial charge in [0.2, 0.25) is 0 Å². The Morgan fingerprint density at radius 2 is 2.12 bits per heavy atom. The van der Waals surface area contributed by atoms with Crippen molar-refractivity contribution in [3.05, 3.63) is 23.3 Å². The van der Waals surface area contributed by atoms with Crippen LogP contribution >= 0.6 is 0 Å². The molecule has 0 heterocycles. The lowest BCUT2D eigenvalue weighted by Gasteiger charge is -2.17. The molecule has 0 saturated heterocycles. The molecule has 0 aromatic carbocycles. The lowest BCUT2D eigenvalue weighted by Crippen LogP contribution is -2.24. The molecule has 1 aliphatic carbocycles. The average molecular weight is 224 g/mol. The van der Waals surface area contributed by atoms with E-state index in [1.54, 1.807) is 13.8 Å². The second-order valence-electron chi connectivity index (χ2n) is 4.34. The van der Waals surface area contributed by atoms with Crippen molar-refractivity contribution in [2.45, 2.75) is 45.8 Å². The number of rotatable bonds is 4. The van der Waals surface area contributed by atoms with Gasteiger partial charge in [-0.3, -0.25) is 4.79 Å². The summed E-state index contributed by atoms with van der Waals surface area (Å²) >= 11 is 0. The maximum Gasteiger partial charge on any atom is 0.164 e. The van der Waals surface area contributed by atoms with Crippen LogP contribution in [-0.2, 0) is 4.79 Å². The highest BCUT2D eigenvalue weighted by atomic mass is 16.3. The van der Waals surface area contributed by atoms with Crippen LogP contribution in [0.2, 0.25) is 0 Å². The highest BCUT2D eigenvalue weighted by Gasteiger charge is 2.38. The normalized spacial score (nSPS) is 28.2. The van der Waals surface area contributed by atoms with Crippen molar-refractivity contribution in [3.8, 4) is 0 Å². The molecule has 0 aliphatic heterocycles. The topological polar surface area (TPSA) is 57.5 Å². The standard InChI is InChI=1S/C13H20O3/c1-4-5-6-7-10(14)11-8(2)12(15)9(3)13(11)16/h4-5,9-10,13-14,16H,6-7H2,1-3H3. The first-order chi connectivity index (χ1) is 7.50. The van der Waals surface area contributed by atoms with Gasteiger partial charge in [-0.15, -0.1) is 0 Å². The van der Waals surface area contributed by atoms with Crippen LogP contribution < -0.4 is 0 Å². The van der Waals surface area contributed by atoms with Gasteiger partial charge in [-0.2, -0.15) is 0 Å². The molecular formula is C13H20O3. The number of aliphatic hydroxyl groups is 2. The molecular weight excluding hydrogens is 204 g/mol. The summed E-state index contributed by atoms with van der Waals surface area (Å²) in [5, 5.41) is 19.8. The minimum Gasteiger partial charge on any atom is -0.389 e. The summed E-state index contributed by atoms with van der Waals surface area (Å²) in [5.41, 5.74) is 1.05. The predicted molar refractivity (Wildman–Crippen MR) is 62.9 cm³/mol. The predicted octanol–water partition coefficient (Wildman–Crippen LogP) is 1.60. The van der Waals surface area contributed by atoms with Crippen LogP contribution in [0.3, 0.4) is 0 Å². The molecule has 3 nitrogen and oxygen atoms in total. The fourth-order valence-corrected chi connectivity index (χ4v) is 2.14. The van der Waals surface area contributed by atoms with Gasteiger partial charge in [0.25, 0.3) is 0 Å². The lowest BCUT2D eigenvalue weighted by molar-refractivity contribution is -0.119. The maximum atomic E-state index is 11.6. The number of hydrogen-bond donors (Lipinski definition) is 2. The van der Waals surface area contributed by atoms with Crippen molar-refractivity contribution in [1.29, 1.82) is 0 Å². The summed E-state index contributed by atoms with van der Waals surface area (Å²) in [6.45, 7) is 5.30. The quantitative estimate of drug-likeness (QED) is 0.713. The third-order valence-electron chi connectivity index (χ3n) is 3.21. The van der Waals surface area contributed by atoms with Gasteiger partial charge >= 0.3 is 0 Å². The molecule has 0 spiro atoms. The molecule has 0 aromatic rings. The zero-order chi connectivity index (χ0) is 12.3. The number of Topliss-reactive ketones (excluding diaryl/α,β-unsaturated/α-hetero) is 1. The number of aliphatic hydroxyl groups excluding tert-OH is 2. The Bertz CT molecular complexity index is 328. The van der Waals surface area contributed by atoms with E-state index >= 15 is 0 Å². The minimum absolute atomic E-state index is 0.0485. The summed E-state index contributed by atoms with van der Waals surface area (Å²) in [4.78, 5) is 11.6. The fraction of sp³-hybridized carbons (Fsp3) is 0.615. The molecule has 0 saturated carbocycles. The van der Waals surface area contributed by atoms with Crippen molar-refractivity contribution < 1.29 is 15.0 Å². The van der Waals surface area contributed by atoms with E-state index in [2.05, 4.69) is 0 Å². The summed E-state index contributed by atoms with van der Waals surface area (Å²) in [7, 11) is 0. The molecule has 2 N–H and O–H groups in total. The molecule has 0 radical (unpaired) electrons. The fourth-order valence-electron chi connectivity index (χ4n) is 2.14. The number of ketones is 1. The summed E-state index contributed by atoms with van der Waals surface area (Å²) in [6, 6.07) is 0. The van der Waals surface area contributed by atoms with Gasteiger partial charge in [-0.25, -0.2) is 0 Å². The first-order valence-electron chi connectivity index (χ1n) is 5.72. The Morgan fingerprint density at radius 1 is 1.50 bits per heavy atom. The first-order valence-corrected chi connectivity index (χ1v) is 5.72. The van der Waals surface area contributed by atoms with Crippen LogP contribution in [0.5, 0.6) is 0 Å². The van der Waals surface area contributed by atoms with Crippen LogP contribution in [-0.4, -0.2) is 28.2 Å². The van der Waals surface area contributed by atoms with Crippen LogP contribution in [0, 0.1) is 5.92 Å². The van der Waals surface area contributed by atoms with Crippen LogP contribution in [0.4, 0.5) is 0 Å². The van der Waals surface area contributed by atoms with E-state index in [0.29, 0.717) is 17.6 Å². The number of carbonyl (C=O) groups excluding carboxylic acids is 1. The van der Waals surface area contributed by atoms with Gasteiger partial charge < -0.3 is 10.2 Å². The summed E-state index contributed by atoms with van der Waals surface area (Å²) in [5.74, 6) is -0.459. The molecule has 0 amide bonds. The molecule has 1 aliphatic rings. The molecule has 0 aromatic heterocycles. The smallest absolute Gasteiger partial charge is 0.164 e. The Balaban J connectivity index is 2.75. The lowest BCUT2D eigenvalue weighted by atomic mass is 9.97. The molecule has 0 fully saturated rings. The first kappa shape index (κ1) is 13.1. The highest BCUT2D eigenvalue weighted by Crippen LogP contribution is 2.31. The van der Waals surface area contributed by atoms with E-state index in [0.717, 1.165) is 6.42 Å². The van der Waals surface area contributed by atoms with E-state index in [4.69, 9.17) is 0 Å². The second-order valence-corrected chi connectivity index (χ2v) is 4.34. The SMILES string of the molecule is CC=CCCC(O)C1=C(C)C(=O)C(C)C1O. The minimum atomic E-state index is -0.812. The third-order valence-corrected chi connectivity index (χ3v) is 3.21. The van der Waals surface area contributed by atoms with Crippen LogP contribution in [0.1, 0.15) is 33.6 Å². The van der Waals surface area contributed by atoms with Crippen LogP contribution in [0.25, 0.3) is 0 Å². The van der Waals surface area contributed by atoms with Gasteiger partial charge in [0, 0.05) is 5.92 Å². The van der Waals surface area contributed by atoms with Crippen molar-refractivity contribution in [2.75, 3.05) is 0 Å². The molecule has 16 heavy (non-hydrogen) atoms. The average Bonchev–Trinajstić information content (AvgIpc) is 2.44. The Morgan fingerprint density at radius 3 is 2.56 bits per heavy atom. The second kappa shape index (κ2) is 5.41. The Hall–Kier alpha value is -0.930. The van der Waals surface area contributed by atoms with Gasteiger partial charge in [-0.05, 0) is 37.8 Å². The molecule has 90 valence electrons. The molecule has 0 bridgehead atoms. The van der Waals surface area contributed by atoms with E-state index < -0.39 is 18.1 Å². The van der Waals surface area contributed by atoms with E-state index in [9.17, 15) is 15.0 Å². The Kier molecular flexibility index (Phi) is 4.44. The number of allylic oxidation sites excluding steroid dienone is 3. The van der Waals surface area contributed by atoms with E-state index in [-0.39, 0.29) is 5.78 Å². The monoisotopic (exact) mass is 224 g/mol.